The Labute approximate surface area is 132 Å². The van der Waals surface area contributed by atoms with Gasteiger partial charge in [-0.25, -0.2) is 8.78 Å². The molecule has 1 heterocycles. The fourth-order valence-corrected chi connectivity index (χ4v) is 3.02. The van der Waals surface area contributed by atoms with E-state index in [0.29, 0.717) is 0 Å². The Kier molecular flexibility index (Phi) is 4.30. The lowest BCUT2D eigenvalue weighted by molar-refractivity contribution is -0.136. The van der Waals surface area contributed by atoms with Gasteiger partial charge in [0.2, 0.25) is 11.8 Å². The third kappa shape index (κ3) is 3.34. The maximum Gasteiger partial charge on any atom is 0.228 e. The normalized spacial score (nSPS) is 20.9. The fraction of sp³-hybridized carbons (Fsp3) is 0.500. The van der Waals surface area contributed by atoms with Crippen LogP contribution >= 0.6 is 0 Å². The molecule has 2 aliphatic rings. The molecule has 1 saturated carbocycles. The van der Waals surface area contributed by atoms with Crippen molar-refractivity contribution < 1.29 is 23.5 Å². The number of carbonyl (C=O) groups is 2. The molecular formula is C16H18F2N2O3. The van der Waals surface area contributed by atoms with Crippen molar-refractivity contribution in [1.82, 2.24) is 4.90 Å². The minimum absolute atomic E-state index is 0.0195. The first-order valence-electron chi connectivity index (χ1n) is 7.67. The van der Waals surface area contributed by atoms with E-state index in [0.717, 1.165) is 31.0 Å². The van der Waals surface area contributed by atoms with Gasteiger partial charge in [-0.2, -0.15) is 0 Å². The summed E-state index contributed by atoms with van der Waals surface area (Å²) in [4.78, 5) is 27.6. The van der Waals surface area contributed by atoms with Crippen molar-refractivity contribution in [2.45, 2.75) is 25.3 Å². The van der Waals surface area contributed by atoms with Crippen molar-refractivity contribution in [3.63, 3.8) is 0 Å². The van der Waals surface area contributed by atoms with Gasteiger partial charge in [0.05, 0.1) is 12.5 Å². The molecule has 1 aromatic rings. The van der Waals surface area contributed by atoms with E-state index < -0.39 is 17.6 Å². The number of aliphatic hydroxyl groups excluding tert-OH is 1. The van der Waals surface area contributed by atoms with Gasteiger partial charge in [-0.15, -0.1) is 0 Å². The Balaban J connectivity index is 1.75. The topological polar surface area (TPSA) is 60.9 Å². The average Bonchev–Trinajstić information content (AvgIpc) is 3.25. The second-order valence-corrected chi connectivity index (χ2v) is 6.02. The molecule has 23 heavy (non-hydrogen) atoms. The van der Waals surface area contributed by atoms with E-state index in [2.05, 4.69) is 0 Å². The number of halogens is 2. The summed E-state index contributed by atoms with van der Waals surface area (Å²) in [7, 11) is 0. The Morgan fingerprint density at radius 3 is 2.48 bits per heavy atom. The minimum Gasteiger partial charge on any atom is -0.395 e. The number of carbonyl (C=O) groups excluding carboxylic acids is 2. The average molecular weight is 324 g/mol. The van der Waals surface area contributed by atoms with Crippen LogP contribution < -0.4 is 4.90 Å². The molecule has 1 unspecified atom stereocenters. The van der Waals surface area contributed by atoms with E-state index in [1.54, 1.807) is 4.90 Å². The molecule has 0 bridgehead atoms. The van der Waals surface area contributed by atoms with E-state index in [9.17, 15) is 18.4 Å². The molecule has 2 amide bonds. The standard InChI is InChI=1S/C16H18F2N2O3/c17-11-6-12(18)8-14(7-11)20-9-10(5-15(20)22)16(23)19(3-4-21)13-1-2-13/h6-8,10,13,21H,1-5,9H2. The third-order valence-corrected chi connectivity index (χ3v) is 4.24. The van der Waals surface area contributed by atoms with Crippen molar-refractivity contribution in [1.29, 1.82) is 0 Å². The Morgan fingerprint density at radius 2 is 1.91 bits per heavy atom. The summed E-state index contributed by atoms with van der Waals surface area (Å²) in [6.45, 7) is 0.236. The van der Waals surface area contributed by atoms with Crippen LogP contribution in [0, 0.1) is 17.6 Å². The molecule has 124 valence electrons. The monoisotopic (exact) mass is 324 g/mol. The van der Waals surface area contributed by atoms with Gasteiger partial charge in [-0.05, 0) is 25.0 Å². The summed E-state index contributed by atoms with van der Waals surface area (Å²) in [6.07, 6.45) is 1.84. The highest BCUT2D eigenvalue weighted by atomic mass is 19.1. The zero-order chi connectivity index (χ0) is 16.6. The predicted molar refractivity (Wildman–Crippen MR) is 78.6 cm³/mol. The van der Waals surface area contributed by atoms with Crippen LogP contribution in [0.25, 0.3) is 0 Å². The van der Waals surface area contributed by atoms with Crippen molar-refractivity contribution in [2.75, 3.05) is 24.6 Å². The Morgan fingerprint density at radius 1 is 1.26 bits per heavy atom. The predicted octanol–water partition coefficient (Wildman–Crippen LogP) is 1.30. The summed E-state index contributed by atoms with van der Waals surface area (Å²) in [6, 6.07) is 3.05. The first-order chi connectivity index (χ1) is 11.0. The molecule has 2 fully saturated rings. The largest absolute Gasteiger partial charge is 0.395 e. The van der Waals surface area contributed by atoms with Crippen LogP contribution in [0.4, 0.5) is 14.5 Å². The molecule has 1 aliphatic heterocycles. The van der Waals surface area contributed by atoms with Crippen LogP contribution in [-0.2, 0) is 9.59 Å². The van der Waals surface area contributed by atoms with Gasteiger partial charge in [0.1, 0.15) is 11.6 Å². The lowest BCUT2D eigenvalue weighted by Gasteiger charge is -2.24. The van der Waals surface area contributed by atoms with Crippen LogP contribution in [0.15, 0.2) is 18.2 Å². The highest BCUT2D eigenvalue weighted by Crippen LogP contribution is 2.32. The van der Waals surface area contributed by atoms with E-state index in [4.69, 9.17) is 5.11 Å². The summed E-state index contributed by atoms with van der Waals surface area (Å²) in [5.41, 5.74) is 0.128. The number of nitrogens with zero attached hydrogens (tertiary/aromatic N) is 2. The number of hydrogen-bond acceptors (Lipinski definition) is 3. The van der Waals surface area contributed by atoms with E-state index in [-0.39, 0.29) is 49.7 Å². The number of rotatable bonds is 5. The lowest BCUT2D eigenvalue weighted by Crippen LogP contribution is -2.40. The van der Waals surface area contributed by atoms with Crippen molar-refractivity contribution in [3.05, 3.63) is 29.8 Å². The van der Waals surface area contributed by atoms with E-state index in [1.807, 2.05) is 0 Å². The first-order valence-corrected chi connectivity index (χ1v) is 7.67. The highest BCUT2D eigenvalue weighted by Gasteiger charge is 2.41. The highest BCUT2D eigenvalue weighted by molar-refractivity contribution is 6.00. The lowest BCUT2D eigenvalue weighted by atomic mass is 10.1. The van der Waals surface area contributed by atoms with E-state index >= 15 is 0 Å². The minimum atomic E-state index is -0.762. The second-order valence-electron chi connectivity index (χ2n) is 6.02. The van der Waals surface area contributed by atoms with Gasteiger partial charge in [-0.3, -0.25) is 9.59 Å². The van der Waals surface area contributed by atoms with Gasteiger partial charge in [0, 0.05) is 37.3 Å². The second kappa shape index (κ2) is 6.23. The van der Waals surface area contributed by atoms with Crippen LogP contribution in [-0.4, -0.2) is 47.6 Å². The molecule has 0 spiro atoms. The zero-order valence-corrected chi connectivity index (χ0v) is 12.5. The number of aliphatic hydroxyl groups is 1. The molecular weight excluding hydrogens is 306 g/mol. The maximum atomic E-state index is 13.3. The molecule has 3 rings (SSSR count). The smallest absolute Gasteiger partial charge is 0.228 e. The molecule has 0 radical (unpaired) electrons. The summed E-state index contributed by atoms with van der Waals surface area (Å²) in [5.74, 6) is -2.56. The summed E-state index contributed by atoms with van der Waals surface area (Å²) in [5, 5.41) is 9.09. The quantitative estimate of drug-likeness (QED) is 0.888. The Bertz CT molecular complexity index is 614. The maximum absolute atomic E-state index is 13.3. The molecule has 1 saturated heterocycles. The van der Waals surface area contributed by atoms with Crippen LogP contribution in [0.3, 0.4) is 0 Å². The van der Waals surface area contributed by atoms with Crippen molar-refractivity contribution in [3.8, 4) is 0 Å². The summed E-state index contributed by atoms with van der Waals surface area (Å²) < 4.78 is 26.7. The van der Waals surface area contributed by atoms with Crippen LogP contribution in [0.2, 0.25) is 0 Å². The molecule has 1 N–H and O–H groups in total. The van der Waals surface area contributed by atoms with Crippen LogP contribution in [0.5, 0.6) is 0 Å². The van der Waals surface area contributed by atoms with Crippen molar-refractivity contribution >= 4 is 17.5 Å². The van der Waals surface area contributed by atoms with Gasteiger partial charge in [-0.1, -0.05) is 0 Å². The summed E-state index contributed by atoms with van der Waals surface area (Å²) >= 11 is 0. The van der Waals surface area contributed by atoms with E-state index in [1.165, 1.54) is 4.90 Å². The fourth-order valence-electron chi connectivity index (χ4n) is 3.02. The van der Waals surface area contributed by atoms with Gasteiger partial charge in [0.25, 0.3) is 0 Å². The number of anilines is 1. The number of amides is 2. The molecule has 1 atom stereocenters. The zero-order valence-electron chi connectivity index (χ0n) is 12.5. The van der Waals surface area contributed by atoms with Gasteiger partial charge < -0.3 is 14.9 Å². The first kappa shape index (κ1) is 15.9. The SMILES string of the molecule is O=C1CC(C(=O)N(CCO)C2CC2)CN1c1cc(F)cc(F)c1. The molecule has 0 aromatic heterocycles. The number of benzene rings is 1. The molecule has 1 aromatic carbocycles. The van der Waals surface area contributed by atoms with Crippen molar-refractivity contribution in [2.24, 2.45) is 5.92 Å². The van der Waals surface area contributed by atoms with Crippen LogP contribution in [0.1, 0.15) is 19.3 Å². The molecule has 1 aliphatic carbocycles. The third-order valence-electron chi connectivity index (χ3n) is 4.24. The Hall–Kier alpha value is -2.02. The molecule has 5 nitrogen and oxygen atoms in total. The van der Waals surface area contributed by atoms with Gasteiger partial charge in [0.15, 0.2) is 0 Å². The number of hydrogen-bond donors (Lipinski definition) is 1. The molecule has 7 heteroatoms. The van der Waals surface area contributed by atoms with Gasteiger partial charge >= 0.3 is 0 Å².